The molecular weight excluding hydrogens is 309 g/mol. The molecule has 128 valence electrons. The lowest BCUT2D eigenvalue weighted by Gasteiger charge is -2.23. The second-order valence-electron chi connectivity index (χ2n) is 6.24. The summed E-state index contributed by atoms with van der Waals surface area (Å²) in [6, 6.07) is 1.60. The number of nitrogens with one attached hydrogen (secondary N) is 2. The van der Waals surface area contributed by atoms with Crippen LogP contribution in [-0.2, 0) is 9.59 Å². The van der Waals surface area contributed by atoms with Crippen LogP contribution in [-0.4, -0.2) is 18.4 Å². The first-order valence-corrected chi connectivity index (χ1v) is 7.30. The van der Waals surface area contributed by atoms with Gasteiger partial charge < -0.3 is 10.6 Å². The number of amides is 2. The lowest BCUT2D eigenvalue weighted by molar-refractivity contribution is -0.138. The molecule has 0 aliphatic carbocycles. The van der Waals surface area contributed by atoms with Crippen molar-refractivity contribution in [2.45, 2.75) is 34.1 Å². The normalized spacial score (nSPS) is 11.5. The van der Waals surface area contributed by atoms with Gasteiger partial charge in [0.1, 0.15) is 5.41 Å². The molecule has 0 radical (unpaired) electrons. The molecule has 0 saturated carbocycles. The van der Waals surface area contributed by atoms with Gasteiger partial charge in [-0.25, -0.2) is 13.2 Å². The summed E-state index contributed by atoms with van der Waals surface area (Å²) < 4.78 is 39.6. The van der Waals surface area contributed by atoms with Gasteiger partial charge in [-0.3, -0.25) is 9.59 Å². The average Bonchev–Trinajstić information content (AvgIpc) is 2.47. The minimum atomic E-state index is -1.68. The van der Waals surface area contributed by atoms with Crippen molar-refractivity contribution in [1.82, 2.24) is 5.32 Å². The van der Waals surface area contributed by atoms with E-state index in [0.29, 0.717) is 18.5 Å². The number of carbonyl (C=O) groups excluding carboxylic acids is 2. The maximum absolute atomic E-state index is 13.6. The van der Waals surface area contributed by atoms with Crippen LogP contribution in [0.4, 0.5) is 18.9 Å². The highest BCUT2D eigenvalue weighted by atomic mass is 19.2. The van der Waals surface area contributed by atoms with Gasteiger partial charge in [0.05, 0.1) is 5.69 Å². The van der Waals surface area contributed by atoms with Crippen LogP contribution in [0.15, 0.2) is 12.1 Å². The molecule has 0 aromatic heterocycles. The highest BCUT2D eigenvalue weighted by Gasteiger charge is 2.36. The highest BCUT2D eigenvalue weighted by molar-refractivity contribution is 6.09. The fourth-order valence-electron chi connectivity index (χ4n) is 1.70. The maximum atomic E-state index is 13.6. The summed E-state index contributed by atoms with van der Waals surface area (Å²) in [5.74, 6) is -5.49. The van der Waals surface area contributed by atoms with Crippen LogP contribution in [0.3, 0.4) is 0 Å². The van der Waals surface area contributed by atoms with Crippen LogP contribution < -0.4 is 10.6 Å². The Morgan fingerprint density at radius 3 is 2.26 bits per heavy atom. The van der Waals surface area contributed by atoms with E-state index >= 15 is 0 Å². The van der Waals surface area contributed by atoms with E-state index in [1.165, 1.54) is 13.8 Å². The zero-order chi connectivity index (χ0) is 17.8. The van der Waals surface area contributed by atoms with E-state index < -0.39 is 40.4 Å². The third-order valence-electron chi connectivity index (χ3n) is 3.43. The van der Waals surface area contributed by atoms with Gasteiger partial charge in [0.25, 0.3) is 0 Å². The van der Waals surface area contributed by atoms with Crippen LogP contribution in [0.1, 0.15) is 34.1 Å². The first-order chi connectivity index (χ1) is 10.6. The average molecular weight is 330 g/mol. The van der Waals surface area contributed by atoms with Crippen molar-refractivity contribution >= 4 is 17.5 Å². The van der Waals surface area contributed by atoms with Crippen molar-refractivity contribution in [2.75, 3.05) is 11.9 Å². The molecule has 0 aliphatic rings. The van der Waals surface area contributed by atoms with Gasteiger partial charge in [-0.1, -0.05) is 13.8 Å². The van der Waals surface area contributed by atoms with E-state index in [9.17, 15) is 22.8 Å². The Hall–Kier alpha value is -2.05. The van der Waals surface area contributed by atoms with Crippen molar-refractivity contribution in [3.8, 4) is 0 Å². The monoisotopic (exact) mass is 330 g/mol. The third-order valence-corrected chi connectivity index (χ3v) is 3.43. The topological polar surface area (TPSA) is 58.2 Å². The third kappa shape index (κ3) is 4.71. The molecule has 7 heteroatoms. The van der Waals surface area contributed by atoms with E-state index in [1.54, 1.807) is 0 Å². The molecule has 1 aromatic rings. The van der Waals surface area contributed by atoms with E-state index in [0.717, 1.165) is 12.5 Å². The lowest BCUT2D eigenvalue weighted by atomic mass is 9.90. The minimum absolute atomic E-state index is 0.392. The second kappa shape index (κ2) is 7.48. The molecule has 0 spiro atoms. The van der Waals surface area contributed by atoms with E-state index in [1.807, 2.05) is 13.8 Å². The van der Waals surface area contributed by atoms with Crippen LogP contribution in [0.2, 0.25) is 0 Å². The molecular formula is C16H21F3N2O2. The highest BCUT2D eigenvalue weighted by Crippen LogP contribution is 2.23. The van der Waals surface area contributed by atoms with Gasteiger partial charge in [-0.05, 0) is 38.3 Å². The Bertz CT molecular complexity index is 601. The van der Waals surface area contributed by atoms with E-state index in [2.05, 4.69) is 10.6 Å². The quantitative estimate of drug-likeness (QED) is 0.621. The molecule has 0 heterocycles. The molecule has 23 heavy (non-hydrogen) atoms. The molecule has 1 aromatic carbocycles. The Labute approximate surface area is 133 Å². The van der Waals surface area contributed by atoms with Gasteiger partial charge in [-0.2, -0.15) is 0 Å². The van der Waals surface area contributed by atoms with Crippen molar-refractivity contribution in [2.24, 2.45) is 11.3 Å². The predicted octanol–water partition coefficient (Wildman–Crippen LogP) is 3.23. The standard InChI is InChI=1S/C16H21F3N2O2/c1-9(2)7-8-20-14(22)16(3,4)15(23)21-11-6-5-10(17)12(18)13(11)19/h5-6,9H,7-8H2,1-4H3,(H,20,22)(H,21,23). The smallest absolute Gasteiger partial charge is 0.239 e. The molecule has 0 unspecified atom stereocenters. The Morgan fingerprint density at radius 2 is 1.70 bits per heavy atom. The number of benzene rings is 1. The minimum Gasteiger partial charge on any atom is -0.355 e. The van der Waals surface area contributed by atoms with Crippen LogP contribution in [0.25, 0.3) is 0 Å². The Morgan fingerprint density at radius 1 is 1.09 bits per heavy atom. The lowest BCUT2D eigenvalue weighted by Crippen LogP contribution is -2.45. The maximum Gasteiger partial charge on any atom is 0.239 e. The summed E-state index contributed by atoms with van der Waals surface area (Å²) in [5, 5.41) is 4.75. The molecule has 0 atom stereocenters. The zero-order valence-corrected chi connectivity index (χ0v) is 13.6. The number of hydrogen-bond acceptors (Lipinski definition) is 2. The van der Waals surface area contributed by atoms with Crippen LogP contribution >= 0.6 is 0 Å². The first-order valence-electron chi connectivity index (χ1n) is 7.30. The molecule has 0 saturated heterocycles. The molecule has 4 nitrogen and oxygen atoms in total. The summed E-state index contributed by atoms with van der Waals surface area (Å²) in [4.78, 5) is 24.3. The van der Waals surface area contributed by atoms with Crippen molar-refractivity contribution in [3.63, 3.8) is 0 Å². The second-order valence-corrected chi connectivity index (χ2v) is 6.24. The number of carbonyl (C=O) groups is 2. The van der Waals surface area contributed by atoms with Crippen molar-refractivity contribution < 1.29 is 22.8 Å². The molecule has 0 aliphatic heterocycles. The zero-order valence-electron chi connectivity index (χ0n) is 13.6. The van der Waals surface area contributed by atoms with Crippen LogP contribution in [0, 0.1) is 28.8 Å². The molecule has 2 amide bonds. The van der Waals surface area contributed by atoms with Gasteiger partial charge in [0.15, 0.2) is 17.5 Å². The Balaban J connectivity index is 2.79. The fraction of sp³-hybridized carbons (Fsp3) is 0.500. The number of halogens is 3. The molecule has 1 rings (SSSR count). The predicted molar refractivity (Wildman–Crippen MR) is 81.2 cm³/mol. The number of rotatable bonds is 6. The Kier molecular flexibility index (Phi) is 6.18. The van der Waals surface area contributed by atoms with Gasteiger partial charge in [0, 0.05) is 6.54 Å². The molecule has 2 N–H and O–H groups in total. The van der Waals surface area contributed by atoms with E-state index in [-0.39, 0.29) is 0 Å². The molecule has 0 fully saturated rings. The van der Waals surface area contributed by atoms with Gasteiger partial charge in [-0.15, -0.1) is 0 Å². The number of hydrogen-bond donors (Lipinski definition) is 2. The summed E-state index contributed by atoms with van der Waals surface area (Å²) in [6.07, 6.45) is 0.751. The summed E-state index contributed by atoms with van der Waals surface area (Å²) >= 11 is 0. The summed E-state index contributed by atoms with van der Waals surface area (Å²) in [7, 11) is 0. The van der Waals surface area contributed by atoms with E-state index in [4.69, 9.17) is 0 Å². The van der Waals surface area contributed by atoms with Gasteiger partial charge >= 0.3 is 0 Å². The SMILES string of the molecule is CC(C)CCNC(=O)C(C)(C)C(=O)Nc1ccc(F)c(F)c1F. The fourth-order valence-corrected chi connectivity index (χ4v) is 1.70. The largest absolute Gasteiger partial charge is 0.355 e. The van der Waals surface area contributed by atoms with Crippen molar-refractivity contribution in [3.05, 3.63) is 29.6 Å². The summed E-state index contributed by atoms with van der Waals surface area (Å²) in [6.45, 7) is 7.13. The van der Waals surface area contributed by atoms with Crippen LogP contribution in [0.5, 0.6) is 0 Å². The number of anilines is 1. The van der Waals surface area contributed by atoms with Gasteiger partial charge in [0.2, 0.25) is 11.8 Å². The summed E-state index contributed by atoms with van der Waals surface area (Å²) in [5.41, 5.74) is -2.01. The first kappa shape index (κ1) is 19.0. The van der Waals surface area contributed by atoms with Crippen molar-refractivity contribution in [1.29, 1.82) is 0 Å². The molecule has 0 bridgehead atoms.